The van der Waals surface area contributed by atoms with Crippen molar-refractivity contribution < 1.29 is 14.3 Å². The summed E-state index contributed by atoms with van der Waals surface area (Å²) in [6.07, 6.45) is 3.87. The van der Waals surface area contributed by atoms with Crippen LogP contribution in [0.3, 0.4) is 0 Å². The largest absolute Gasteiger partial charge is 0.523 e. The number of hydrogen-bond donors (Lipinski definition) is 1. The van der Waals surface area contributed by atoms with E-state index in [9.17, 15) is 9.90 Å². The number of carbonyl (C=O) groups is 1. The third kappa shape index (κ3) is 10.1. The summed E-state index contributed by atoms with van der Waals surface area (Å²) >= 11 is 0. The van der Waals surface area contributed by atoms with Crippen LogP contribution in [0.1, 0.15) is 73.6 Å². The van der Waals surface area contributed by atoms with Gasteiger partial charge in [-0.05, 0) is 49.5 Å². The van der Waals surface area contributed by atoms with Crippen molar-refractivity contribution in [1.29, 1.82) is 0 Å². The molecule has 0 heterocycles. The van der Waals surface area contributed by atoms with Gasteiger partial charge in [0.2, 0.25) is 9.76 Å². The van der Waals surface area contributed by atoms with Gasteiger partial charge < -0.3 is 9.53 Å². The smallest absolute Gasteiger partial charge is 0.324 e. The van der Waals surface area contributed by atoms with Crippen molar-refractivity contribution in [2.24, 2.45) is 17.8 Å². The minimum Gasteiger partial charge on any atom is -0.523 e. The Bertz CT molecular complexity index is 276. The Morgan fingerprint density at radius 3 is 1.76 bits per heavy atom. The van der Waals surface area contributed by atoms with Gasteiger partial charge in [-0.15, -0.1) is 0 Å². The second-order valence-corrected chi connectivity index (χ2v) is 8.97. The van der Waals surface area contributed by atoms with Gasteiger partial charge >= 0.3 is 5.97 Å². The topological polar surface area (TPSA) is 46.5 Å². The normalized spacial score (nSPS) is 13.0. The summed E-state index contributed by atoms with van der Waals surface area (Å²) in [6.45, 7) is 12.8. The molecule has 0 rings (SSSR count). The molecular formula is C17H36O3Si. The molecule has 0 amide bonds. The second kappa shape index (κ2) is 10.4. The number of aliphatic hydroxyl groups is 1. The fourth-order valence-corrected chi connectivity index (χ4v) is 3.76. The number of rotatable bonds is 11. The van der Waals surface area contributed by atoms with Crippen LogP contribution in [0.2, 0.25) is 6.04 Å². The first-order valence-electron chi connectivity index (χ1n) is 8.57. The van der Waals surface area contributed by atoms with Crippen molar-refractivity contribution in [3.63, 3.8) is 0 Å². The molecular weight excluding hydrogens is 280 g/mol. The van der Waals surface area contributed by atoms with E-state index < -0.39 is 15.4 Å². The summed E-state index contributed by atoms with van der Waals surface area (Å²) in [6, 6.07) is 1.01. The van der Waals surface area contributed by atoms with Crippen LogP contribution < -0.4 is 0 Å². The van der Waals surface area contributed by atoms with Crippen molar-refractivity contribution in [1.82, 2.24) is 0 Å². The van der Waals surface area contributed by atoms with Gasteiger partial charge in [-0.25, -0.2) is 0 Å². The van der Waals surface area contributed by atoms with Gasteiger partial charge in [-0.2, -0.15) is 0 Å². The highest BCUT2D eigenvalue weighted by Gasteiger charge is 2.36. The van der Waals surface area contributed by atoms with Gasteiger partial charge in [0, 0.05) is 0 Å². The van der Waals surface area contributed by atoms with Gasteiger partial charge in [0.25, 0.3) is 0 Å². The van der Waals surface area contributed by atoms with E-state index in [-0.39, 0.29) is 5.97 Å². The first kappa shape index (κ1) is 20.6. The molecule has 126 valence electrons. The predicted molar refractivity (Wildman–Crippen MR) is 92.0 cm³/mol. The van der Waals surface area contributed by atoms with E-state index >= 15 is 0 Å². The molecule has 4 heteroatoms. The highest BCUT2D eigenvalue weighted by atomic mass is 28.2. The molecule has 21 heavy (non-hydrogen) atoms. The van der Waals surface area contributed by atoms with Crippen molar-refractivity contribution in [2.45, 2.75) is 85.3 Å². The van der Waals surface area contributed by atoms with Crippen molar-refractivity contribution in [2.75, 3.05) is 0 Å². The molecule has 0 bridgehead atoms. The van der Waals surface area contributed by atoms with E-state index in [2.05, 4.69) is 41.5 Å². The second-order valence-electron chi connectivity index (χ2n) is 7.57. The van der Waals surface area contributed by atoms with E-state index in [1.807, 2.05) is 0 Å². The van der Waals surface area contributed by atoms with E-state index in [4.69, 9.17) is 4.43 Å². The summed E-state index contributed by atoms with van der Waals surface area (Å²) in [7, 11) is -0.841. The molecule has 0 fully saturated rings. The monoisotopic (exact) mass is 316 g/mol. The van der Waals surface area contributed by atoms with Gasteiger partial charge in [-0.1, -0.05) is 48.0 Å². The van der Waals surface area contributed by atoms with Gasteiger partial charge in [0.15, 0.2) is 5.60 Å². The summed E-state index contributed by atoms with van der Waals surface area (Å²) in [5.74, 6) is 1.26. The van der Waals surface area contributed by atoms with Gasteiger partial charge in [-0.3, -0.25) is 4.79 Å². The molecule has 0 atom stereocenters. The third-order valence-corrected chi connectivity index (χ3v) is 4.97. The number of hydrogen-bond acceptors (Lipinski definition) is 3. The zero-order chi connectivity index (χ0) is 16.5. The minimum atomic E-state index is -1.26. The zero-order valence-corrected chi connectivity index (χ0v) is 16.4. The molecule has 0 aromatic carbocycles. The van der Waals surface area contributed by atoms with E-state index in [0.29, 0.717) is 30.6 Å². The SMILES string of the molecule is CC(C)CC[SiH2]OC(=O)C(O)(CCC(C)C)CCC(C)C. The molecule has 0 spiro atoms. The Balaban J connectivity index is 4.43. The molecule has 0 saturated carbocycles. The van der Waals surface area contributed by atoms with Crippen LogP contribution in [0.5, 0.6) is 0 Å². The van der Waals surface area contributed by atoms with Crippen LogP contribution in [0.4, 0.5) is 0 Å². The lowest BCUT2D eigenvalue weighted by molar-refractivity contribution is -0.157. The maximum atomic E-state index is 12.3. The Kier molecular flexibility index (Phi) is 10.2. The van der Waals surface area contributed by atoms with Crippen LogP contribution in [-0.2, 0) is 9.22 Å². The Hall–Kier alpha value is -0.353. The molecule has 1 N–H and O–H groups in total. The minimum absolute atomic E-state index is 0.362. The van der Waals surface area contributed by atoms with Crippen molar-refractivity contribution >= 4 is 15.7 Å². The number of carbonyl (C=O) groups excluding carboxylic acids is 1. The van der Waals surface area contributed by atoms with E-state index in [0.717, 1.165) is 25.3 Å². The molecule has 3 nitrogen and oxygen atoms in total. The maximum Gasteiger partial charge on any atom is 0.324 e. The zero-order valence-electron chi connectivity index (χ0n) is 14.9. The van der Waals surface area contributed by atoms with E-state index in [1.165, 1.54) is 0 Å². The predicted octanol–water partition coefficient (Wildman–Crippen LogP) is 3.68. The van der Waals surface area contributed by atoms with Crippen LogP contribution in [0.15, 0.2) is 0 Å². The van der Waals surface area contributed by atoms with Gasteiger partial charge in [0.05, 0.1) is 0 Å². The van der Waals surface area contributed by atoms with Crippen LogP contribution in [0, 0.1) is 17.8 Å². The molecule has 0 saturated heterocycles. The molecule has 0 radical (unpaired) electrons. The maximum absolute atomic E-state index is 12.3. The average molecular weight is 317 g/mol. The molecule has 0 aliphatic carbocycles. The van der Waals surface area contributed by atoms with E-state index in [1.54, 1.807) is 0 Å². The molecule has 0 unspecified atom stereocenters. The first-order valence-corrected chi connectivity index (χ1v) is 10.1. The third-order valence-electron chi connectivity index (χ3n) is 3.81. The standard InChI is InChI=1S/C17H36O3Si/c1-13(2)7-10-17(19,11-8-14(3)4)16(18)20-21-12-9-15(5)6/h13-15,19H,7-12,21H2,1-6H3. The summed E-state index contributed by atoms with van der Waals surface area (Å²) in [4.78, 5) is 12.3. The Morgan fingerprint density at radius 2 is 1.38 bits per heavy atom. The van der Waals surface area contributed by atoms with Crippen molar-refractivity contribution in [3.05, 3.63) is 0 Å². The average Bonchev–Trinajstić information content (AvgIpc) is 2.38. The molecule has 0 aromatic heterocycles. The molecule has 0 aromatic rings. The van der Waals surface area contributed by atoms with Crippen molar-refractivity contribution in [3.8, 4) is 0 Å². The van der Waals surface area contributed by atoms with Crippen LogP contribution >= 0.6 is 0 Å². The lowest BCUT2D eigenvalue weighted by atomic mass is 9.87. The van der Waals surface area contributed by atoms with Crippen LogP contribution in [0.25, 0.3) is 0 Å². The molecule has 0 aliphatic heterocycles. The highest BCUT2D eigenvalue weighted by Crippen LogP contribution is 2.26. The fraction of sp³-hybridized carbons (Fsp3) is 0.941. The lowest BCUT2D eigenvalue weighted by Crippen LogP contribution is -2.41. The van der Waals surface area contributed by atoms with Crippen LogP contribution in [-0.4, -0.2) is 26.4 Å². The lowest BCUT2D eigenvalue weighted by Gasteiger charge is -2.28. The summed E-state index contributed by atoms with van der Waals surface area (Å²) in [5.41, 5.74) is -1.26. The first-order chi connectivity index (χ1) is 9.67. The van der Waals surface area contributed by atoms with Gasteiger partial charge in [0.1, 0.15) is 0 Å². The quantitative estimate of drug-likeness (QED) is 0.467. The summed E-state index contributed by atoms with van der Waals surface area (Å²) < 4.78 is 5.47. The Labute approximate surface area is 133 Å². The molecule has 0 aliphatic rings. The fourth-order valence-electron chi connectivity index (χ4n) is 2.17. The Morgan fingerprint density at radius 1 is 0.952 bits per heavy atom. The highest BCUT2D eigenvalue weighted by molar-refractivity contribution is 6.30. The summed E-state index contributed by atoms with van der Waals surface area (Å²) in [5, 5.41) is 10.7.